The summed E-state index contributed by atoms with van der Waals surface area (Å²) in [6, 6.07) is 0. The third-order valence-electron chi connectivity index (χ3n) is 5.05. The summed E-state index contributed by atoms with van der Waals surface area (Å²) in [5, 5.41) is 0. The zero-order valence-corrected chi connectivity index (χ0v) is 17.3. The molecular formula is C23H39NO2. The van der Waals surface area contributed by atoms with Crippen molar-refractivity contribution in [2.45, 2.75) is 104 Å². The van der Waals surface area contributed by atoms with Gasteiger partial charge in [-0.2, -0.15) is 0 Å². The molecule has 0 unspecified atom stereocenters. The SMILES string of the molecule is CCCCCCCC/C=C\CCCCCCC(C)(C)C(=O)c1ncco1. The van der Waals surface area contributed by atoms with Crippen molar-refractivity contribution in [1.82, 2.24) is 4.98 Å². The molecule has 1 aromatic heterocycles. The van der Waals surface area contributed by atoms with Crippen LogP contribution in [0.1, 0.15) is 115 Å². The van der Waals surface area contributed by atoms with Crippen LogP contribution in [0.5, 0.6) is 0 Å². The highest BCUT2D eigenvalue weighted by Gasteiger charge is 2.30. The smallest absolute Gasteiger partial charge is 0.263 e. The van der Waals surface area contributed by atoms with Crippen molar-refractivity contribution in [1.29, 1.82) is 0 Å². The molecule has 1 aromatic rings. The first kappa shape index (κ1) is 22.7. The number of ketones is 1. The number of Topliss-reactive ketones (excluding diaryl/α,β-unsaturated/α-hetero) is 1. The second kappa shape index (κ2) is 13.8. The van der Waals surface area contributed by atoms with E-state index in [1.165, 1.54) is 83.1 Å². The molecule has 0 N–H and O–H groups in total. The van der Waals surface area contributed by atoms with Gasteiger partial charge >= 0.3 is 0 Å². The number of hydrogen-bond acceptors (Lipinski definition) is 3. The molecule has 0 aromatic carbocycles. The van der Waals surface area contributed by atoms with Gasteiger partial charge in [0.2, 0.25) is 5.78 Å². The minimum atomic E-state index is -0.387. The van der Waals surface area contributed by atoms with Gasteiger partial charge < -0.3 is 4.42 Å². The average Bonchev–Trinajstić information content (AvgIpc) is 3.15. The second-order valence-corrected chi connectivity index (χ2v) is 8.03. The number of rotatable bonds is 16. The third kappa shape index (κ3) is 9.94. The van der Waals surface area contributed by atoms with E-state index in [-0.39, 0.29) is 17.1 Å². The Morgan fingerprint density at radius 2 is 1.54 bits per heavy atom. The minimum Gasteiger partial charge on any atom is -0.442 e. The summed E-state index contributed by atoms with van der Waals surface area (Å²) in [6.07, 6.45) is 24.0. The van der Waals surface area contributed by atoms with Crippen molar-refractivity contribution >= 4 is 5.78 Å². The van der Waals surface area contributed by atoms with Crippen LogP contribution in [-0.4, -0.2) is 10.8 Å². The first-order valence-corrected chi connectivity index (χ1v) is 10.7. The summed E-state index contributed by atoms with van der Waals surface area (Å²) in [4.78, 5) is 16.3. The Morgan fingerprint density at radius 1 is 0.962 bits per heavy atom. The van der Waals surface area contributed by atoms with Crippen LogP contribution in [0.15, 0.2) is 29.0 Å². The fourth-order valence-corrected chi connectivity index (χ4v) is 3.20. The van der Waals surface area contributed by atoms with Gasteiger partial charge in [0.25, 0.3) is 5.89 Å². The number of unbranched alkanes of at least 4 members (excludes halogenated alkanes) is 10. The molecular weight excluding hydrogens is 322 g/mol. The molecule has 26 heavy (non-hydrogen) atoms. The van der Waals surface area contributed by atoms with E-state index < -0.39 is 0 Å². The first-order chi connectivity index (χ1) is 12.6. The number of aromatic nitrogens is 1. The topological polar surface area (TPSA) is 43.1 Å². The number of allylic oxidation sites excluding steroid dienone is 2. The van der Waals surface area contributed by atoms with Crippen LogP contribution in [0, 0.1) is 5.41 Å². The van der Waals surface area contributed by atoms with E-state index in [1.807, 2.05) is 13.8 Å². The Kier molecular flexibility index (Phi) is 12.0. The van der Waals surface area contributed by atoms with Crippen LogP contribution in [0.2, 0.25) is 0 Å². The summed E-state index contributed by atoms with van der Waals surface area (Å²) in [5.41, 5.74) is -0.387. The Bertz CT molecular complexity index is 488. The number of carbonyl (C=O) groups excluding carboxylic acids is 1. The van der Waals surface area contributed by atoms with Gasteiger partial charge in [-0.05, 0) is 32.1 Å². The highest BCUT2D eigenvalue weighted by atomic mass is 16.3. The van der Waals surface area contributed by atoms with Crippen molar-refractivity contribution in [3.63, 3.8) is 0 Å². The molecule has 0 aliphatic rings. The largest absolute Gasteiger partial charge is 0.442 e. The quantitative estimate of drug-likeness (QED) is 0.173. The molecule has 0 radical (unpaired) electrons. The van der Waals surface area contributed by atoms with Crippen molar-refractivity contribution in [2.75, 3.05) is 0 Å². The minimum absolute atomic E-state index is 0.0140. The molecule has 0 spiro atoms. The summed E-state index contributed by atoms with van der Waals surface area (Å²) in [7, 11) is 0. The fourth-order valence-electron chi connectivity index (χ4n) is 3.20. The third-order valence-corrected chi connectivity index (χ3v) is 5.05. The van der Waals surface area contributed by atoms with Gasteiger partial charge in [0.1, 0.15) is 6.26 Å². The predicted molar refractivity (Wildman–Crippen MR) is 109 cm³/mol. The van der Waals surface area contributed by atoms with Gasteiger partial charge in [-0.1, -0.05) is 84.3 Å². The lowest BCUT2D eigenvalue weighted by atomic mass is 9.82. The molecule has 0 aliphatic carbocycles. The van der Waals surface area contributed by atoms with E-state index in [0.29, 0.717) is 0 Å². The average molecular weight is 362 g/mol. The first-order valence-electron chi connectivity index (χ1n) is 10.7. The van der Waals surface area contributed by atoms with Crippen molar-refractivity contribution < 1.29 is 9.21 Å². The van der Waals surface area contributed by atoms with Gasteiger partial charge in [-0.25, -0.2) is 4.98 Å². The van der Waals surface area contributed by atoms with Crippen LogP contribution in [0.4, 0.5) is 0 Å². The lowest BCUT2D eigenvalue weighted by Gasteiger charge is -2.20. The summed E-state index contributed by atoms with van der Waals surface area (Å²) in [5.74, 6) is 0.255. The molecule has 0 saturated heterocycles. The number of nitrogens with zero attached hydrogens (tertiary/aromatic N) is 1. The highest BCUT2D eigenvalue weighted by molar-refractivity contribution is 5.95. The molecule has 0 fully saturated rings. The molecule has 0 aliphatic heterocycles. The molecule has 1 rings (SSSR count). The molecule has 0 amide bonds. The highest BCUT2D eigenvalue weighted by Crippen LogP contribution is 2.28. The molecule has 3 heteroatoms. The van der Waals surface area contributed by atoms with Crippen LogP contribution in [0.25, 0.3) is 0 Å². The Hall–Kier alpha value is -1.38. The standard InChI is InChI=1S/C23H39NO2/c1-4-5-6-7-8-9-10-11-12-13-14-15-16-17-18-23(2,3)21(25)22-24-19-20-26-22/h11-12,19-20H,4-10,13-18H2,1-3H3/b12-11-. The van der Waals surface area contributed by atoms with E-state index in [4.69, 9.17) is 4.42 Å². The maximum Gasteiger partial charge on any atom is 0.263 e. The van der Waals surface area contributed by atoms with Crippen LogP contribution >= 0.6 is 0 Å². The van der Waals surface area contributed by atoms with Gasteiger partial charge in [0.15, 0.2) is 0 Å². The van der Waals surface area contributed by atoms with E-state index in [9.17, 15) is 4.79 Å². The molecule has 0 atom stereocenters. The maximum atomic E-state index is 12.3. The van der Waals surface area contributed by atoms with E-state index in [1.54, 1.807) is 0 Å². The van der Waals surface area contributed by atoms with Crippen LogP contribution < -0.4 is 0 Å². The monoisotopic (exact) mass is 361 g/mol. The Labute approximate surface area is 160 Å². The van der Waals surface area contributed by atoms with Gasteiger partial charge in [0, 0.05) is 5.41 Å². The van der Waals surface area contributed by atoms with Gasteiger partial charge in [-0.3, -0.25) is 4.79 Å². The second-order valence-electron chi connectivity index (χ2n) is 8.03. The molecule has 148 valence electrons. The summed E-state index contributed by atoms with van der Waals surface area (Å²) >= 11 is 0. The van der Waals surface area contributed by atoms with Crippen molar-refractivity contribution in [2.24, 2.45) is 5.41 Å². The van der Waals surface area contributed by atoms with Crippen molar-refractivity contribution in [3.05, 3.63) is 30.5 Å². The summed E-state index contributed by atoms with van der Waals surface area (Å²) in [6.45, 7) is 6.25. The number of carbonyl (C=O) groups is 1. The van der Waals surface area contributed by atoms with E-state index >= 15 is 0 Å². The zero-order valence-electron chi connectivity index (χ0n) is 17.3. The molecule has 0 saturated carbocycles. The lowest BCUT2D eigenvalue weighted by Crippen LogP contribution is -2.24. The number of hydrogen-bond donors (Lipinski definition) is 0. The fraction of sp³-hybridized carbons (Fsp3) is 0.739. The predicted octanol–water partition coefficient (Wildman–Crippen LogP) is 7.53. The zero-order chi connectivity index (χ0) is 19.1. The van der Waals surface area contributed by atoms with Crippen LogP contribution in [0.3, 0.4) is 0 Å². The van der Waals surface area contributed by atoms with E-state index in [0.717, 1.165) is 12.8 Å². The maximum absolute atomic E-state index is 12.3. The summed E-state index contributed by atoms with van der Waals surface area (Å²) < 4.78 is 5.14. The number of oxazole rings is 1. The molecule has 1 heterocycles. The van der Waals surface area contributed by atoms with Crippen LogP contribution in [-0.2, 0) is 0 Å². The van der Waals surface area contributed by atoms with Gasteiger partial charge in [0.05, 0.1) is 6.20 Å². The lowest BCUT2D eigenvalue weighted by molar-refractivity contribution is 0.0784. The Morgan fingerprint density at radius 3 is 2.12 bits per heavy atom. The van der Waals surface area contributed by atoms with Crippen molar-refractivity contribution in [3.8, 4) is 0 Å². The van der Waals surface area contributed by atoms with E-state index in [2.05, 4.69) is 24.1 Å². The Balaban J connectivity index is 1.97. The molecule has 3 nitrogen and oxygen atoms in total. The normalized spacial score (nSPS) is 12.1. The van der Waals surface area contributed by atoms with Gasteiger partial charge in [-0.15, -0.1) is 0 Å². The molecule has 0 bridgehead atoms.